The Morgan fingerprint density at radius 3 is 2.67 bits per heavy atom. The minimum absolute atomic E-state index is 0.0312. The molecule has 0 atom stereocenters. The van der Waals surface area contributed by atoms with E-state index in [4.69, 9.17) is 0 Å². The third-order valence-electron chi connectivity index (χ3n) is 0.784. The van der Waals surface area contributed by atoms with Crippen LogP contribution >= 0.6 is 0 Å². The lowest BCUT2D eigenvalue weighted by molar-refractivity contribution is -0.127. The van der Waals surface area contributed by atoms with Gasteiger partial charge in [-0.3, -0.25) is 9.59 Å². The highest BCUT2D eigenvalue weighted by molar-refractivity contribution is 7.77. The predicted octanol–water partition coefficient (Wildman–Crippen LogP) is -1.06. The Morgan fingerprint density at radius 1 is 1.56 bits per heavy atom. The molecular formula is C4H3N2O2S-. The number of nitrogens with one attached hydrogen (secondary N) is 1. The van der Waals surface area contributed by atoms with Crippen molar-refractivity contribution in [2.75, 3.05) is 0 Å². The Bertz CT molecular complexity index is 199. The van der Waals surface area contributed by atoms with Gasteiger partial charge in [0.05, 0.1) is 0 Å². The van der Waals surface area contributed by atoms with Gasteiger partial charge in [0.15, 0.2) is 0 Å². The molecule has 0 saturated heterocycles. The van der Waals surface area contributed by atoms with Crippen LogP contribution < -0.4 is 5.32 Å². The number of nitrogens with zero attached hydrogens (tertiary/aromatic N) is 1. The maximum Gasteiger partial charge on any atom is 0.255 e. The van der Waals surface area contributed by atoms with Gasteiger partial charge in [-0.2, -0.15) is 0 Å². The number of aliphatic imine (C=N–C) groups is 1. The van der Waals surface area contributed by atoms with Crippen LogP contribution in [0.15, 0.2) is 4.99 Å². The van der Waals surface area contributed by atoms with Gasteiger partial charge in [-0.25, -0.2) is 4.99 Å². The smallest absolute Gasteiger partial charge is 0.255 e. The normalized spacial score (nSPS) is 18.9. The molecule has 0 radical (unpaired) electrons. The van der Waals surface area contributed by atoms with Crippen LogP contribution in [0.3, 0.4) is 0 Å². The van der Waals surface area contributed by atoms with Crippen LogP contribution in [0.25, 0.3) is 0 Å². The summed E-state index contributed by atoms with van der Waals surface area (Å²) in [5, 5.41) is 2.18. The van der Waals surface area contributed by atoms with Crippen LogP contribution in [0, 0.1) is 0 Å². The van der Waals surface area contributed by atoms with Crippen molar-refractivity contribution in [2.45, 2.75) is 6.42 Å². The zero-order valence-electron chi connectivity index (χ0n) is 4.38. The lowest BCUT2D eigenvalue weighted by Gasteiger charge is -2.15. The highest BCUT2D eigenvalue weighted by atomic mass is 32.1. The van der Waals surface area contributed by atoms with Crippen molar-refractivity contribution in [1.29, 1.82) is 0 Å². The van der Waals surface area contributed by atoms with E-state index in [-0.39, 0.29) is 17.5 Å². The maximum absolute atomic E-state index is 10.4. The Morgan fingerprint density at radius 2 is 2.22 bits per heavy atom. The molecule has 0 unspecified atom stereocenters. The molecule has 1 heterocycles. The van der Waals surface area contributed by atoms with E-state index in [0.29, 0.717) is 0 Å². The lowest BCUT2D eigenvalue weighted by atomic mass is 10.4. The summed E-state index contributed by atoms with van der Waals surface area (Å²) < 4.78 is 0. The van der Waals surface area contributed by atoms with Crippen LogP contribution in [-0.2, 0) is 22.2 Å². The molecule has 0 aromatic heterocycles. The fraction of sp³-hybridized carbons (Fsp3) is 0.250. The fourth-order valence-electron chi connectivity index (χ4n) is 0.482. The third kappa shape index (κ3) is 1.46. The van der Waals surface area contributed by atoms with Gasteiger partial charge in [0, 0.05) is 0 Å². The van der Waals surface area contributed by atoms with E-state index in [1.165, 1.54) is 0 Å². The Hall–Kier alpha value is -0.970. The molecule has 0 fully saturated rings. The number of amidine groups is 1. The first kappa shape index (κ1) is 6.15. The van der Waals surface area contributed by atoms with Gasteiger partial charge in [-0.1, -0.05) is 0 Å². The van der Waals surface area contributed by atoms with Crippen molar-refractivity contribution in [3.05, 3.63) is 0 Å². The summed E-state index contributed by atoms with van der Waals surface area (Å²) in [7, 11) is 0. The first-order chi connectivity index (χ1) is 4.18. The van der Waals surface area contributed by atoms with Crippen molar-refractivity contribution < 1.29 is 9.59 Å². The molecule has 2 amide bonds. The van der Waals surface area contributed by atoms with Crippen LogP contribution in [0.4, 0.5) is 0 Å². The Labute approximate surface area is 56.8 Å². The van der Waals surface area contributed by atoms with E-state index in [2.05, 4.69) is 22.9 Å². The van der Waals surface area contributed by atoms with Gasteiger partial charge in [0.2, 0.25) is 5.91 Å². The van der Waals surface area contributed by atoms with Crippen molar-refractivity contribution in [3.8, 4) is 0 Å². The predicted molar refractivity (Wildman–Crippen MR) is 32.6 cm³/mol. The highest BCUT2D eigenvalue weighted by Crippen LogP contribution is 1.91. The average molecular weight is 143 g/mol. The van der Waals surface area contributed by atoms with Crippen molar-refractivity contribution in [2.24, 2.45) is 4.99 Å². The maximum atomic E-state index is 10.4. The van der Waals surface area contributed by atoms with E-state index >= 15 is 0 Å². The third-order valence-corrected chi connectivity index (χ3v) is 0.978. The molecule has 1 aliphatic heterocycles. The zero-order chi connectivity index (χ0) is 6.85. The van der Waals surface area contributed by atoms with Crippen LogP contribution in [-0.4, -0.2) is 17.0 Å². The molecule has 0 aliphatic carbocycles. The van der Waals surface area contributed by atoms with Gasteiger partial charge in [-0.15, -0.1) is 0 Å². The fourth-order valence-corrected chi connectivity index (χ4v) is 0.697. The zero-order valence-corrected chi connectivity index (χ0v) is 5.20. The lowest BCUT2D eigenvalue weighted by Crippen LogP contribution is -2.35. The van der Waals surface area contributed by atoms with Gasteiger partial charge in [-0.05, 0) is 5.17 Å². The van der Waals surface area contributed by atoms with E-state index < -0.39 is 5.91 Å². The van der Waals surface area contributed by atoms with Gasteiger partial charge < -0.3 is 17.9 Å². The summed E-state index contributed by atoms with van der Waals surface area (Å²) in [6.45, 7) is 0. The minimum atomic E-state index is -0.469. The molecule has 0 aromatic rings. The molecule has 0 aromatic carbocycles. The van der Waals surface area contributed by atoms with Crippen molar-refractivity contribution in [1.82, 2.24) is 5.32 Å². The topological polar surface area (TPSA) is 58.5 Å². The largest absolute Gasteiger partial charge is 0.742 e. The van der Waals surface area contributed by atoms with Crippen molar-refractivity contribution in [3.63, 3.8) is 0 Å². The van der Waals surface area contributed by atoms with Crippen molar-refractivity contribution >= 4 is 29.6 Å². The molecule has 1 N–H and O–H groups in total. The highest BCUT2D eigenvalue weighted by Gasteiger charge is 2.11. The summed E-state index contributed by atoms with van der Waals surface area (Å²) in [4.78, 5) is 24.1. The van der Waals surface area contributed by atoms with Gasteiger partial charge in [0.1, 0.15) is 6.42 Å². The second kappa shape index (κ2) is 2.10. The first-order valence-corrected chi connectivity index (χ1v) is 2.67. The van der Waals surface area contributed by atoms with Gasteiger partial charge in [0.25, 0.3) is 5.91 Å². The molecule has 5 heteroatoms. The summed E-state index contributed by atoms with van der Waals surface area (Å²) in [5.41, 5.74) is 0. The van der Waals surface area contributed by atoms with E-state index in [9.17, 15) is 9.59 Å². The van der Waals surface area contributed by atoms with E-state index in [1.807, 2.05) is 0 Å². The minimum Gasteiger partial charge on any atom is -0.742 e. The molecule has 0 bridgehead atoms. The van der Waals surface area contributed by atoms with Crippen LogP contribution in [0.1, 0.15) is 6.42 Å². The number of carbonyl (C=O) groups is 2. The molecule has 0 saturated carbocycles. The molecule has 1 rings (SSSR count). The van der Waals surface area contributed by atoms with Crippen LogP contribution in [0.2, 0.25) is 0 Å². The second-order valence-electron chi connectivity index (χ2n) is 1.54. The molecular weight excluding hydrogens is 140 g/mol. The summed E-state index contributed by atoms with van der Waals surface area (Å²) in [6.07, 6.45) is -0.180. The Kier molecular flexibility index (Phi) is 1.44. The molecule has 0 spiro atoms. The summed E-state index contributed by atoms with van der Waals surface area (Å²) >= 11 is 4.44. The SMILES string of the molecule is O=C1CC(=O)NC([S-])=N1. The molecule has 48 valence electrons. The van der Waals surface area contributed by atoms with Gasteiger partial charge >= 0.3 is 0 Å². The van der Waals surface area contributed by atoms with E-state index in [0.717, 1.165) is 0 Å². The summed E-state index contributed by atoms with van der Waals surface area (Å²) in [6, 6.07) is 0. The number of hydrogen-bond donors (Lipinski definition) is 1. The molecule has 1 aliphatic rings. The number of hydrogen-bond acceptors (Lipinski definition) is 3. The molecule has 9 heavy (non-hydrogen) atoms. The summed E-state index contributed by atoms with van der Waals surface area (Å²) in [5.74, 6) is -0.844. The Balaban J connectivity index is 2.79. The second-order valence-corrected chi connectivity index (χ2v) is 1.92. The van der Waals surface area contributed by atoms with Crippen LogP contribution in [0.5, 0.6) is 0 Å². The van der Waals surface area contributed by atoms with E-state index in [1.54, 1.807) is 0 Å². The number of carbonyl (C=O) groups excluding carboxylic acids is 2. The number of amides is 2. The number of rotatable bonds is 0. The molecule has 4 nitrogen and oxygen atoms in total. The first-order valence-electron chi connectivity index (χ1n) is 2.27. The standard InChI is InChI=1S/C4H4N2O2S/c7-2-1-3(8)6-4(9)5-2/h1H2,(H2,5,6,7,8,9)/p-1. The monoisotopic (exact) mass is 143 g/mol. The quantitative estimate of drug-likeness (QED) is 0.347. The average Bonchev–Trinajstić information content (AvgIpc) is 1.59.